The zero-order chi connectivity index (χ0) is 21.8. The average Bonchev–Trinajstić information content (AvgIpc) is 2.70. The van der Waals surface area contributed by atoms with Crippen LogP contribution in [0.25, 0.3) is 0 Å². The van der Waals surface area contributed by atoms with Crippen molar-refractivity contribution in [2.24, 2.45) is 4.99 Å². The molecule has 1 aromatic rings. The van der Waals surface area contributed by atoms with Gasteiger partial charge in [-0.1, -0.05) is 29.8 Å². The van der Waals surface area contributed by atoms with E-state index in [0.29, 0.717) is 19.6 Å². The number of nitrogens with zero attached hydrogens (tertiary/aromatic N) is 3. The molecule has 30 heavy (non-hydrogen) atoms. The summed E-state index contributed by atoms with van der Waals surface area (Å²) in [6, 6.07) is 8.80. The molecule has 1 unspecified atom stereocenters. The molecule has 1 atom stereocenters. The lowest BCUT2D eigenvalue weighted by Crippen LogP contribution is -2.57. The Balaban J connectivity index is 1.84. The topological polar surface area (TPSA) is 74.2 Å². The summed E-state index contributed by atoms with van der Waals surface area (Å²) in [6.07, 6.45) is 0. The summed E-state index contributed by atoms with van der Waals surface area (Å²) in [6.45, 7) is 13.3. The largest absolute Gasteiger partial charge is 0.379 e. The summed E-state index contributed by atoms with van der Waals surface area (Å²) in [4.78, 5) is 9.52. The highest BCUT2D eigenvalue weighted by atomic mass is 32.2. The second kappa shape index (κ2) is 9.66. The molecule has 1 aromatic carbocycles. The van der Waals surface area contributed by atoms with E-state index in [0.717, 1.165) is 38.8 Å². The fraction of sp³-hybridized carbons (Fsp3) is 0.682. The molecule has 2 saturated heterocycles. The van der Waals surface area contributed by atoms with Gasteiger partial charge in [-0.05, 0) is 33.3 Å². The molecule has 8 heteroatoms. The highest BCUT2D eigenvalue weighted by Crippen LogP contribution is 2.25. The molecule has 0 amide bonds. The number of nitrogens with one attached hydrogen (secondary N) is 1. The number of hydrogen-bond acceptors (Lipinski definition) is 5. The number of benzene rings is 1. The summed E-state index contributed by atoms with van der Waals surface area (Å²) in [5.74, 6) is 0.959. The number of guanidine groups is 1. The van der Waals surface area contributed by atoms with E-state index in [1.165, 1.54) is 11.1 Å². The number of aliphatic imine (C=N–C) groups is 1. The van der Waals surface area contributed by atoms with Gasteiger partial charge in [-0.3, -0.25) is 9.89 Å². The Labute approximate surface area is 181 Å². The Morgan fingerprint density at radius 3 is 2.63 bits per heavy atom. The lowest BCUT2D eigenvalue weighted by Gasteiger charge is -2.39. The van der Waals surface area contributed by atoms with Crippen molar-refractivity contribution in [3.63, 3.8) is 0 Å². The summed E-state index contributed by atoms with van der Waals surface area (Å²) in [5.41, 5.74) is 2.50. The Bertz CT molecular complexity index is 848. The van der Waals surface area contributed by atoms with Crippen LogP contribution in [-0.4, -0.2) is 87.2 Å². The van der Waals surface area contributed by atoms with Crippen LogP contribution in [0.1, 0.15) is 37.9 Å². The van der Waals surface area contributed by atoms with E-state index < -0.39 is 14.6 Å². The Kier molecular flexibility index (Phi) is 7.42. The van der Waals surface area contributed by atoms with E-state index in [4.69, 9.17) is 9.73 Å². The predicted molar refractivity (Wildman–Crippen MR) is 122 cm³/mol. The summed E-state index contributed by atoms with van der Waals surface area (Å²) in [5, 5.41) is 3.38. The normalized spacial score (nSPS) is 23.2. The van der Waals surface area contributed by atoms with Gasteiger partial charge in [0.1, 0.15) is 0 Å². The van der Waals surface area contributed by atoms with Gasteiger partial charge in [-0.2, -0.15) is 0 Å². The van der Waals surface area contributed by atoms with Crippen molar-refractivity contribution in [1.29, 1.82) is 0 Å². The van der Waals surface area contributed by atoms with E-state index in [1.54, 1.807) is 13.8 Å². The van der Waals surface area contributed by atoms with E-state index in [1.807, 2.05) is 6.92 Å². The molecule has 1 N–H and O–H groups in total. The van der Waals surface area contributed by atoms with Crippen LogP contribution in [0.2, 0.25) is 0 Å². The molecule has 0 saturated carbocycles. The van der Waals surface area contributed by atoms with E-state index in [9.17, 15) is 8.42 Å². The van der Waals surface area contributed by atoms with Crippen molar-refractivity contribution in [3.05, 3.63) is 35.4 Å². The van der Waals surface area contributed by atoms with Crippen molar-refractivity contribution in [2.75, 3.05) is 58.2 Å². The minimum Gasteiger partial charge on any atom is -0.379 e. The van der Waals surface area contributed by atoms with Gasteiger partial charge in [0.15, 0.2) is 15.8 Å². The molecular weight excluding hydrogens is 400 g/mol. The van der Waals surface area contributed by atoms with E-state index in [-0.39, 0.29) is 11.8 Å². The number of aryl methyl sites for hydroxylation is 1. The van der Waals surface area contributed by atoms with E-state index in [2.05, 4.69) is 46.3 Å². The molecule has 0 spiro atoms. The van der Waals surface area contributed by atoms with Crippen LogP contribution < -0.4 is 5.32 Å². The quantitative estimate of drug-likeness (QED) is 0.561. The first-order valence-corrected chi connectivity index (χ1v) is 12.5. The second-order valence-corrected chi connectivity index (χ2v) is 11.5. The highest BCUT2D eigenvalue weighted by Gasteiger charge is 2.41. The Morgan fingerprint density at radius 1 is 1.27 bits per heavy atom. The van der Waals surface area contributed by atoms with Crippen molar-refractivity contribution in [1.82, 2.24) is 15.1 Å². The van der Waals surface area contributed by atoms with Gasteiger partial charge in [0.25, 0.3) is 0 Å². The molecule has 0 bridgehead atoms. The van der Waals surface area contributed by atoms with Crippen molar-refractivity contribution < 1.29 is 13.2 Å². The number of morpholine rings is 1. The van der Waals surface area contributed by atoms with Gasteiger partial charge < -0.3 is 15.0 Å². The monoisotopic (exact) mass is 436 g/mol. The van der Waals surface area contributed by atoms with Gasteiger partial charge in [0, 0.05) is 32.7 Å². The predicted octanol–water partition coefficient (Wildman–Crippen LogP) is 1.84. The molecule has 2 aliphatic rings. The standard InChI is InChI=1S/C22H36N4O3S/c1-5-23-21(26-11-14-30(27,28)22(3,4)17-26)24-16-20(25-9-12-29-13-10-25)19-8-6-7-18(2)15-19/h6-8,15,20H,5,9-14,16-17H2,1-4H3,(H,23,24). The SMILES string of the molecule is CCNC(=NCC(c1cccc(C)c1)N1CCOCC1)N1CCS(=O)(=O)C(C)(C)C1. The van der Waals surface area contributed by atoms with Gasteiger partial charge in [0.05, 0.1) is 36.3 Å². The number of ether oxygens (including phenoxy) is 1. The first kappa shape index (κ1) is 23.0. The number of sulfone groups is 1. The third-order valence-corrected chi connectivity index (χ3v) is 8.54. The van der Waals surface area contributed by atoms with Crippen LogP contribution in [0.3, 0.4) is 0 Å². The number of hydrogen-bond donors (Lipinski definition) is 1. The van der Waals surface area contributed by atoms with Gasteiger partial charge in [-0.15, -0.1) is 0 Å². The minimum absolute atomic E-state index is 0.162. The second-order valence-electron chi connectivity index (χ2n) is 8.77. The molecule has 2 aliphatic heterocycles. The summed E-state index contributed by atoms with van der Waals surface area (Å²) in [7, 11) is -3.09. The van der Waals surface area contributed by atoms with Crippen molar-refractivity contribution in [2.45, 2.75) is 38.5 Å². The smallest absolute Gasteiger partial charge is 0.194 e. The maximum atomic E-state index is 12.4. The molecule has 2 fully saturated rings. The van der Waals surface area contributed by atoms with E-state index >= 15 is 0 Å². The zero-order valence-corrected chi connectivity index (χ0v) is 19.5. The van der Waals surface area contributed by atoms with Gasteiger partial charge in [0.2, 0.25) is 0 Å². The van der Waals surface area contributed by atoms with Crippen LogP contribution >= 0.6 is 0 Å². The summed E-state index contributed by atoms with van der Waals surface area (Å²) < 4.78 is 29.6. The fourth-order valence-electron chi connectivity index (χ4n) is 4.12. The number of rotatable bonds is 5. The maximum Gasteiger partial charge on any atom is 0.194 e. The van der Waals surface area contributed by atoms with Crippen LogP contribution in [0.4, 0.5) is 0 Å². The van der Waals surface area contributed by atoms with Crippen molar-refractivity contribution >= 4 is 15.8 Å². The van der Waals surface area contributed by atoms with Gasteiger partial charge >= 0.3 is 0 Å². The highest BCUT2D eigenvalue weighted by molar-refractivity contribution is 7.92. The van der Waals surface area contributed by atoms with Crippen LogP contribution in [0.15, 0.2) is 29.3 Å². The molecule has 0 aliphatic carbocycles. The molecule has 0 radical (unpaired) electrons. The Morgan fingerprint density at radius 2 is 2.00 bits per heavy atom. The van der Waals surface area contributed by atoms with Crippen LogP contribution in [-0.2, 0) is 14.6 Å². The molecule has 0 aromatic heterocycles. The van der Waals surface area contributed by atoms with Crippen LogP contribution in [0.5, 0.6) is 0 Å². The third kappa shape index (κ3) is 5.34. The molecule has 3 rings (SSSR count). The average molecular weight is 437 g/mol. The van der Waals surface area contributed by atoms with Crippen molar-refractivity contribution in [3.8, 4) is 0 Å². The molecular formula is C22H36N4O3S. The molecule has 7 nitrogen and oxygen atoms in total. The summed E-state index contributed by atoms with van der Waals surface area (Å²) >= 11 is 0. The molecule has 168 valence electrons. The first-order chi connectivity index (χ1) is 14.2. The molecule has 2 heterocycles. The van der Waals surface area contributed by atoms with Crippen LogP contribution in [0, 0.1) is 6.92 Å². The maximum absolute atomic E-state index is 12.4. The Hall–Kier alpha value is -1.64. The first-order valence-electron chi connectivity index (χ1n) is 10.9. The minimum atomic E-state index is -3.09. The third-order valence-electron chi connectivity index (χ3n) is 6.01. The van der Waals surface area contributed by atoms with Gasteiger partial charge in [-0.25, -0.2) is 8.42 Å². The lowest BCUT2D eigenvalue weighted by atomic mass is 10.0. The lowest BCUT2D eigenvalue weighted by molar-refractivity contribution is 0.0179. The zero-order valence-electron chi connectivity index (χ0n) is 18.7. The fourth-order valence-corrected chi connectivity index (χ4v) is 5.49.